The molecule has 0 aromatic heterocycles. The van der Waals surface area contributed by atoms with Crippen molar-refractivity contribution >= 4 is 11.8 Å². The minimum atomic E-state index is 0.558. The predicted molar refractivity (Wildman–Crippen MR) is 73.6 cm³/mol. The van der Waals surface area contributed by atoms with Gasteiger partial charge < -0.3 is 5.32 Å². The van der Waals surface area contributed by atoms with Gasteiger partial charge in [0.2, 0.25) is 0 Å². The van der Waals surface area contributed by atoms with Gasteiger partial charge in [0.1, 0.15) is 0 Å². The van der Waals surface area contributed by atoms with Gasteiger partial charge in [-0.1, -0.05) is 42.8 Å². The summed E-state index contributed by atoms with van der Waals surface area (Å²) in [6, 6.07) is 8.34. The van der Waals surface area contributed by atoms with Gasteiger partial charge in [-0.25, -0.2) is 0 Å². The molecule has 0 heterocycles. The van der Waals surface area contributed by atoms with E-state index in [1.807, 2.05) is 19.2 Å². The van der Waals surface area contributed by atoms with Crippen LogP contribution in [-0.2, 0) is 0 Å². The summed E-state index contributed by atoms with van der Waals surface area (Å²) in [7, 11) is 1.95. The molecule has 0 radical (unpaired) electrons. The number of rotatable bonds is 5. The maximum Gasteiger partial charge on any atom is 0.0411 e. The second kappa shape index (κ2) is 6.16. The number of hydrogen-bond donors (Lipinski definition) is 1. The average molecular weight is 215 g/mol. The van der Waals surface area contributed by atoms with Crippen LogP contribution < -0.4 is 5.32 Å². The molecule has 16 heavy (non-hydrogen) atoms. The Balaban J connectivity index is 2.92. The van der Waals surface area contributed by atoms with Gasteiger partial charge in [-0.2, -0.15) is 0 Å². The summed E-state index contributed by atoms with van der Waals surface area (Å²) in [4.78, 5) is 0. The summed E-state index contributed by atoms with van der Waals surface area (Å²) >= 11 is 0. The molecular formula is C15H21N. The Hall–Kier alpha value is -1.50. The van der Waals surface area contributed by atoms with Crippen LogP contribution in [0, 0.1) is 5.92 Å². The molecule has 1 heteroatoms. The fourth-order valence-corrected chi connectivity index (χ4v) is 1.67. The van der Waals surface area contributed by atoms with E-state index in [1.54, 1.807) is 0 Å². The summed E-state index contributed by atoms with van der Waals surface area (Å²) in [5.74, 6) is 0.558. The highest BCUT2D eigenvalue weighted by molar-refractivity contribution is 5.67. The van der Waals surface area contributed by atoms with E-state index in [0.717, 1.165) is 6.42 Å². The number of anilines is 1. The molecule has 1 N–H and O–H groups in total. The van der Waals surface area contributed by atoms with Crippen LogP contribution in [0.2, 0.25) is 0 Å². The molecule has 0 saturated carbocycles. The lowest BCUT2D eigenvalue weighted by molar-refractivity contribution is 0.701. The third-order valence-corrected chi connectivity index (χ3v) is 2.91. The number of para-hydroxylation sites is 1. The van der Waals surface area contributed by atoms with Gasteiger partial charge in [0, 0.05) is 12.7 Å². The summed E-state index contributed by atoms with van der Waals surface area (Å²) in [6.45, 7) is 8.20. The Morgan fingerprint density at radius 1 is 1.44 bits per heavy atom. The molecule has 0 aliphatic carbocycles. The zero-order valence-corrected chi connectivity index (χ0v) is 10.5. The van der Waals surface area contributed by atoms with Crippen LogP contribution in [0.15, 0.2) is 42.5 Å². The molecule has 1 aromatic carbocycles. The standard InChI is InChI=1S/C15H21N/c1-5-8-12(2)13(3)11-14-9-6-7-10-15(14)16-4/h5-7,9-12,16H,1,8H2,2-4H3/b13-11+. The van der Waals surface area contributed by atoms with Crippen molar-refractivity contribution < 1.29 is 0 Å². The van der Waals surface area contributed by atoms with E-state index in [4.69, 9.17) is 0 Å². The third-order valence-electron chi connectivity index (χ3n) is 2.91. The lowest BCUT2D eigenvalue weighted by Crippen LogP contribution is -1.96. The van der Waals surface area contributed by atoms with Crippen LogP contribution in [0.1, 0.15) is 25.8 Å². The molecule has 1 atom stereocenters. The largest absolute Gasteiger partial charge is 0.388 e. The number of benzene rings is 1. The zero-order chi connectivity index (χ0) is 12.0. The zero-order valence-electron chi connectivity index (χ0n) is 10.5. The van der Waals surface area contributed by atoms with Crippen molar-refractivity contribution in [2.24, 2.45) is 5.92 Å². The van der Waals surface area contributed by atoms with Gasteiger partial charge in [-0.3, -0.25) is 0 Å². The fourth-order valence-electron chi connectivity index (χ4n) is 1.67. The van der Waals surface area contributed by atoms with Gasteiger partial charge in [0.15, 0.2) is 0 Å². The molecule has 0 spiro atoms. The first-order chi connectivity index (χ1) is 7.69. The van der Waals surface area contributed by atoms with Crippen LogP contribution in [0.25, 0.3) is 6.08 Å². The first kappa shape index (κ1) is 12.6. The molecule has 0 bridgehead atoms. The Kier molecular flexibility index (Phi) is 4.84. The van der Waals surface area contributed by atoms with Crippen molar-refractivity contribution in [3.05, 3.63) is 48.1 Å². The topological polar surface area (TPSA) is 12.0 Å². The molecule has 1 rings (SSSR count). The quantitative estimate of drug-likeness (QED) is 0.720. The van der Waals surface area contributed by atoms with Crippen LogP contribution >= 0.6 is 0 Å². The van der Waals surface area contributed by atoms with E-state index < -0.39 is 0 Å². The lowest BCUT2D eigenvalue weighted by Gasteiger charge is -2.11. The minimum absolute atomic E-state index is 0.558. The molecule has 0 saturated heterocycles. The Labute approximate surface area is 98.9 Å². The molecule has 1 aromatic rings. The molecule has 1 unspecified atom stereocenters. The van der Waals surface area contributed by atoms with Crippen LogP contribution in [-0.4, -0.2) is 7.05 Å². The van der Waals surface area contributed by atoms with E-state index in [1.165, 1.54) is 16.8 Å². The predicted octanol–water partition coefficient (Wildman–Crippen LogP) is 4.34. The highest BCUT2D eigenvalue weighted by Crippen LogP contribution is 2.22. The second-order valence-electron chi connectivity index (χ2n) is 4.15. The first-order valence-electron chi connectivity index (χ1n) is 5.75. The maximum absolute atomic E-state index is 3.78. The lowest BCUT2D eigenvalue weighted by atomic mass is 9.96. The van der Waals surface area contributed by atoms with E-state index in [2.05, 4.69) is 50.0 Å². The molecule has 0 amide bonds. The molecule has 0 aliphatic heterocycles. The summed E-state index contributed by atoms with van der Waals surface area (Å²) in [5.41, 5.74) is 3.81. The van der Waals surface area contributed by atoms with Crippen molar-refractivity contribution in [3.8, 4) is 0 Å². The number of nitrogens with one attached hydrogen (secondary N) is 1. The fraction of sp³-hybridized carbons (Fsp3) is 0.333. The van der Waals surface area contributed by atoms with Crippen molar-refractivity contribution in [2.45, 2.75) is 20.3 Å². The number of allylic oxidation sites excluding steroid dienone is 2. The van der Waals surface area contributed by atoms with Crippen molar-refractivity contribution in [3.63, 3.8) is 0 Å². The smallest absolute Gasteiger partial charge is 0.0411 e. The Morgan fingerprint density at radius 3 is 2.75 bits per heavy atom. The van der Waals surface area contributed by atoms with E-state index in [9.17, 15) is 0 Å². The molecule has 0 fully saturated rings. The number of hydrogen-bond acceptors (Lipinski definition) is 1. The molecule has 1 nitrogen and oxygen atoms in total. The summed E-state index contributed by atoms with van der Waals surface area (Å²) < 4.78 is 0. The van der Waals surface area contributed by atoms with Crippen molar-refractivity contribution in [2.75, 3.05) is 12.4 Å². The highest BCUT2D eigenvalue weighted by Gasteiger charge is 2.03. The van der Waals surface area contributed by atoms with E-state index in [-0.39, 0.29) is 0 Å². The van der Waals surface area contributed by atoms with Crippen molar-refractivity contribution in [1.82, 2.24) is 0 Å². The SMILES string of the molecule is C=CCC(C)/C(C)=C/c1ccccc1NC. The minimum Gasteiger partial charge on any atom is -0.388 e. The average Bonchev–Trinajstić information content (AvgIpc) is 2.30. The third kappa shape index (κ3) is 3.27. The Morgan fingerprint density at radius 2 is 2.12 bits per heavy atom. The monoisotopic (exact) mass is 215 g/mol. The molecule has 86 valence electrons. The van der Waals surface area contributed by atoms with Gasteiger partial charge in [-0.05, 0) is 30.9 Å². The van der Waals surface area contributed by atoms with Gasteiger partial charge >= 0.3 is 0 Å². The van der Waals surface area contributed by atoms with Crippen LogP contribution in [0.5, 0.6) is 0 Å². The van der Waals surface area contributed by atoms with Crippen LogP contribution in [0.4, 0.5) is 5.69 Å². The molecular weight excluding hydrogens is 194 g/mol. The Bertz CT molecular complexity index is 377. The normalized spacial score (nSPS) is 13.3. The van der Waals surface area contributed by atoms with E-state index in [0.29, 0.717) is 5.92 Å². The molecule has 0 aliphatic rings. The summed E-state index contributed by atoms with van der Waals surface area (Å²) in [5, 5.41) is 3.21. The van der Waals surface area contributed by atoms with Crippen molar-refractivity contribution in [1.29, 1.82) is 0 Å². The van der Waals surface area contributed by atoms with Gasteiger partial charge in [-0.15, -0.1) is 6.58 Å². The van der Waals surface area contributed by atoms with E-state index >= 15 is 0 Å². The van der Waals surface area contributed by atoms with Gasteiger partial charge in [0.05, 0.1) is 0 Å². The van der Waals surface area contributed by atoms with Crippen LogP contribution in [0.3, 0.4) is 0 Å². The first-order valence-corrected chi connectivity index (χ1v) is 5.75. The highest BCUT2D eigenvalue weighted by atomic mass is 14.8. The second-order valence-corrected chi connectivity index (χ2v) is 4.15. The summed E-state index contributed by atoms with van der Waals surface area (Å²) in [6.07, 6.45) is 5.26. The van der Waals surface area contributed by atoms with Gasteiger partial charge in [0.25, 0.3) is 0 Å². The maximum atomic E-state index is 3.78.